The number of amides is 4. The monoisotopic (exact) mass is 514 g/mol. The molecule has 0 heterocycles. The van der Waals surface area contributed by atoms with Crippen LogP contribution >= 0.6 is 0 Å². The summed E-state index contributed by atoms with van der Waals surface area (Å²) in [4.78, 5) is 46.1. The molecule has 0 aromatic carbocycles. The Morgan fingerprint density at radius 1 is 0.611 bits per heavy atom. The van der Waals surface area contributed by atoms with Crippen LogP contribution in [0.15, 0.2) is 0 Å². The molecule has 0 fully saturated rings. The van der Waals surface area contributed by atoms with Crippen molar-refractivity contribution < 1.29 is 24.3 Å². The molecular formula is C25H50N6O5. The quantitative estimate of drug-likeness (QED) is 0.0721. The molecule has 0 saturated carbocycles. The number of aliphatic hydroxyl groups excluding tert-OH is 1. The number of carbonyl (C=O) groups excluding carboxylic acids is 4. The largest absolute Gasteiger partial charge is 0.379 e. The van der Waals surface area contributed by atoms with Crippen molar-refractivity contribution >= 4 is 23.6 Å². The van der Waals surface area contributed by atoms with Gasteiger partial charge >= 0.3 is 0 Å². The fraction of sp³-hybridized carbons (Fsp3) is 0.840. The smallest absolute Gasteiger partial charge is 0.220 e. The number of hydrogen-bond acceptors (Lipinski definition) is 7. The van der Waals surface area contributed by atoms with Crippen molar-refractivity contribution in [1.82, 2.24) is 26.6 Å². The van der Waals surface area contributed by atoms with E-state index >= 15 is 0 Å². The summed E-state index contributed by atoms with van der Waals surface area (Å²) in [6, 6.07) is 0. The molecular weight excluding hydrogens is 464 g/mol. The second kappa shape index (κ2) is 24.5. The number of hydrogen-bond donors (Lipinski definition) is 7. The van der Waals surface area contributed by atoms with E-state index in [4.69, 9.17) is 5.73 Å². The van der Waals surface area contributed by atoms with Gasteiger partial charge in [-0.3, -0.25) is 24.5 Å². The van der Waals surface area contributed by atoms with Crippen LogP contribution in [0.1, 0.15) is 90.4 Å². The van der Waals surface area contributed by atoms with Gasteiger partial charge in [0, 0.05) is 52.4 Å². The first-order valence-corrected chi connectivity index (χ1v) is 13.5. The molecule has 36 heavy (non-hydrogen) atoms. The zero-order valence-corrected chi connectivity index (χ0v) is 22.2. The van der Waals surface area contributed by atoms with E-state index in [0.29, 0.717) is 45.7 Å². The number of rotatable bonds is 24. The van der Waals surface area contributed by atoms with Crippen LogP contribution in [0.25, 0.3) is 0 Å². The Morgan fingerprint density at radius 2 is 1.03 bits per heavy atom. The summed E-state index contributed by atoms with van der Waals surface area (Å²) >= 11 is 0. The van der Waals surface area contributed by atoms with Gasteiger partial charge in [-0.15, -0.1) is 0 Å². The highest BCUT2D eigenvalue weighted by Crippen LogP contribution is 1.99. The van der Waals surface area contributed by atoms with Gasteiger partial charge in [0.15, 0.2) is 0 Å². The number of nitrogens with one attached hydrogen (secondary N) is 5. The van der Waals surface area contributed by atoms with E-state index in [9.17, 15) is 24.3 Å². The van der Waals surface area contributed by atoms with Crippen molar-refractivity contribution in [3.8, 4) is 0 Å². The van der Waals surface area contributed by atoms with E-state index in [-0.39, 0.29) is 42.9 Å². The van der Waals surface area contributed by atoms with E-state index in [1.165, 1.54) is 6.92 Å². The zero-order valence-electron chi connectivity index (χ0n) is 22.2. The highest BCUT2D eigenvalue weighted by Gasteiger charge is 2.08. The Balaban J connectivity index is 3.49. The van der Waals surface area contributed by atoms with Crippen molar-refractivity contribution in [2.24, 2.45) is 5.73 Å². The summed E-state index contributed by atoms with van der Waals surface area (Å²) in [5, 5.41) is 24.2. The molecule has 0 aliphatic heterocycles. The van der Waals surface area contributed by atoms with Crippen LogP contribution in [-0.4, -0.2) is 74.2 Å². The van der Waals surface area contributed by atoms with Gasteiger partial charge in [-0.2, -0.15) is 0 Å². The molecule has 0 spiro atoms. The average Bonchev–Trinajstić information content (AvgIpc) is 2.84. The summed E-state index contributed by atoms with van der Waals surface area (Å²) in [6.45, 7) is 5.24. The third-order valence-corrected chi connectivity index (χ3v) is 5.53. The minimum Gasteiger partial charge on any atom is -0.379 e. The highest BCUT2D eigenvalue weighted by atomic mass is 16.3. The zero-order chi connectivity index (χ0) is 26.9. The van der Waals surface area contributed by atoms with Gasteiger partial charge in [0.25, 0.3) is 0 Å². The molecule has 0 saturated heterocycles. The molecule has 11 heteroatoms. The lowest BCUT2D eigenvalue weighted by atomic mass is 10.2. The van der Waals surface area contributed by atoms with E-state index < -0.39 is 6.23 Å². The third kappa shape index (κ3) is 24.9. The predicted molar refractivity (Wildman–Crippen MR) is 141 cm³/mol. The van der Waals surface area contributed by atoms with Crippen molar-refractivity contribution in [2.75, 3.05) is 39.3 Å². The fourth-order valence-corrected chi connectivity index (χ4v) is 3.38. The Labute approximate surface area is 216 Å². The summed E-state index contributed by atoms with van der Waals surface area (Å²) in [5.74, 6) is -0.326. The van der Waals surface area contributed by atoms with Crippen molar-refractivity contribution in [3.63, 3.8) is 0 Å². The van der Waals surface area contributed by atoms with Crippen molar-refractivity contribution in [3.05, 3.63) is 0 Å². The van der Waals surface area contributed by atoms with Crippen molar-refractivity contribution in [2.45, 2.75) is 96.6 Å². The molecule has 210 valence electrons. The van der Waals surface area contributed by atoms with E-state index in [2.05, 4.69) is 26.6 Å². The average molecular weight is 515 g/mol. The molecule has 0 aliphatic carbocycles. The maximum atomic E-state index is 11.8. The third-order valence-electron chi connectivity index (χ3n) is 5.53. The fourth-order valence-electron chi connectivity index (χ4n) is 3.38. The first-order chi connectivity index (χ1) is 17.3. The Morgan fingerprint density at radius 3 is 1.50 bits per heavy atom. The van der Waals surface area contributed by atoms with Crippen LogP contribution in [0.5, 0.6) is 0 Å². The second-order valence-corrected chi connectivity index (χ2v) is 9.01. The summed E-state index contributed by atoms with van der Waals surface area (Å²) in [5.41, 5.74) is 5.42. The van der Waals surface area contributed by atoms with Gasteiger partial charge in [0.1, 0.15) is 6.23 Å². The lowest BCUT2D eigenvalue weighted by Crippen LogP contribution is -2.32. The normalized spacial score (nSPS) is 11.5. The van der Waals surface area contributed by atoms with Crippen LogP contribution in [0, 0.1) is 0 Å². The maximum Gasteiger partial charge on any atom is 0.220 e. The first kappa shape index (κ1) is 33.8. The maximum absolute atomic E-state index is 11.8. The van der Waals surface area contributed by atoms with Crippen LogP contribution in [0.4, 0.5) is 0 Å². The molecule has 0 aromatic rings. The van der Waals surface area contributed by atoms with Gasteiger partial charge in [-0.25, -0.2) is 0 Å². The van der Waals surface area contributed by atoms with Gasteiger partial charge in [-0.1, -0.05) is 12.8 Å². The minimum atomic E-state index is -0.722. The van der Waals surface area contributed by atoms with Crippen molar-refractivity contribution in [1.29, 1.82) is 0 Å². The minimum absolute atomic E-state index is 0.0288. The number of aliphatic hydroxyl groups is 1. The lowest BCUT2D eigenvalue weighted by Gasteiger charge is -2.13. The van der Waals surface area contributed by atoms with Gasteiger partial charge in [0.2, 0.25) is 23.6 Å². The molecule has 8 N–H and O–H groups in total. The molecule has 0 aromatic heterocycles. The van der Waals surface area contributed by atoms with Gasteiger partial charge < -0.3 is 32.1 Å². The molecule has 0 radical (unpaired) electrons. The molecule has 4 amide bonds. The second-order valence-electron chi connectivity index (χ2n) is 9.01. The summed E-state index contributed by atoms with van der Waals surface area (Å²) < 4.78 is 0. The van der Waals surface area contributed by atoms with E-state index in [1.807, 2.05) is 0 Å². The summed E-state index contributed by atoms with van der Waals surface area (Å²) in [7, 11) is 0. The molecule has 11 nitrogen and oxygen atoms in total. The Kier molecular flexibility index (Phi) is 22.9. The molecule has 0 bridgehead atoms. The molecule has 0 rings (SSSR count). The Bertz CT molecular complexity index is 605. The van der Waals surface area contributed by atoms with E-state index in [0.717, 1.165) is 57.8 Å². The van der Waals surface area contributed by atoms with Crippen LogP contribution < -0.4 is 32.3 Å². The van der Waals surface area contributed by atoms with Gasteiger partial charge in [-0.05, 0) is 64.5 Å². The van der Waals surface area contributed by atoms with Crippen LogP contribution in [0.2, 0.25) is 0 Å². The summed E-state index contributed by atoms with van der Waals surface area (Å²) in [6.07, 6.45) is 8.38. The number of unbranched alkanes of at least 4 members (excludes halogenated alkanes) is 6. The van der Waals surface area contributed by atoms with Crippen LogP contribution in [0.3, 0.4) is 0 Å². The first-order valence-electron chi connectivity index (χ1n) is 13.5. The molecule has 1 unspecified atom stereocenters. The SMILES string of the molecule is CC(=O)NCCCCCNC(=O)CCC(O)NCCCCCNC(=O)CCC(=O)NCCCCCN. The standard InChI is InChI=1S/C25H50N6O5/c1-21(32)27-16-7-3-8-18-29-23(34)13-14-25(36)31-20-10-4-9-19-30-24(35)12-11-22(33)28-17-6-2-5-15-26/h25,31,36H,2-20,26H2,1H3,(H,27,32)(H,28,33)(H,29,34)(H,30,35). The molecule has 1 atom stereocenters. The predicted octanol–water partition coefficient (Wildman–Crippen LogP) is 0.409. The van der Waals surface area contributed by atoms with E-state index in [1.54, 1.807) is 0 Å². The van der Waals surface area contributed by atoms with Gasteiger partial charge in [0.05, 0.1) is 0 Å². The topological polar surface area (TPSA) is 175 Å². The highest BCUT2D eigenvalue weighted by molar-refractivity contribution is 5.83. The van der Waals surface area contributed by atoms with Crippen LogP contribution in [-0.2, 0) is 19.2 Å². The number of carbonyl (C=O) groups is 4. The number of nitrogens with two attached hydrogens (primary N) is 1. The lowest BCUT2D eigenvalue weighted by molar-refractivity contribution is -0.126. The Hall–Kier alpha value is -2.24. The molecule has 0 aliphatic rings.